The normalized spacial score (nSPS) is 10.7. The van der Waals surface area contributed by atoms with Gasteiger partial charge >= 0.3 is 0 Å². The summed E-state index contributed by atoms with van der Waals surface area (Å²) in [6, 6.07) is 5.81. The quantitative estimate of drug-likeness (QED) is 0.710. The van der Waals surface area contributed by atoms with E-state index < -0.39 is 0 Å². The number of benzene rings is 1. The second kappa shape index (κ2) is 4.88. The smallest absolute Gasteiger partial charge is 0.172 e. The van der Waals surface area contributed by atoms with Crippen molar-refractivity contribution >= 4 is 0 Å². The van der Waals surface area contributed by atoms with Crippen molar-refractivity contribution in [3.8, 4) is 11.5 Å². The monoisotopic (exact) mass is 218 g/mol. The Balaban J connectivity index is 3.31. The summed E-state index contributed by atoms with van der Waals surface area (Å²) in [5.41, 5.74) is 1.06. The predicted octanol–water partition coefficient (Wildman–Crippen LogP) is 4.03. The van der Waals surface area contributed by atoms with E-state index in [-0.39, 0.29) is 5.41 Å². The standard InChI is InChI=1S/C14H18O2/c1-6-15-12-10-8-9-11(14(3,4)5)13(12)16-7-2/h6-10H,1-2H2,3-5H3. The highest BCUT2D eigenvalue weighted by Crippen LogP contribution is 2.38. The minimum Gasteiger partial charge on any atom is -0.462 e. The molecule has 0 spiro atoms. The largest absolute Gasteiger partial charge is 0.462 e. The van der Waals surface area contributed by atoms with E-state index in [1.165, 1.54) is 12.5 Å². The van der Waals surface area contributed by atoms with E-state index in [0.717, 1.165) is 5.56 Å². The summed E-state index contributed by atoms with van der Waals surface area (Å²) < 4.78 is 10.8. The molecule has 1 aromatic carbocycles. The molecule has 1 aromatic rings. The van der Waals surface area contributed by atoms with E-state index in [9.17, 15) is 0 Å². The van der Waals surface area contributed by atoms with Gasteiger partial charge in [0.15, 0.2) is 11.5 Å². The Kier molecular flexibility index (Phi) is 3.78. The molecule has 0 amide bonds. The van der Waals surface area contributed by atoms with Crippen molar-refractivity contribution in [2.24, 2.45) is 0 Å². The lowest BCUT2D eigenvalue weighted by molar-refractivity contribution is 0.404. The van der Waals surface area contributed by atoms with E-state index >= 15 is 0 Å². The fourth-order valence-electron chi connectivity index (χ4n) is 1.49. The highest BCUT2D eigenvalue weighted by molar-refractivity contribution is 5.50. The van der Waals surface area contributed by atoms with Gasteiger partial charge in [-0.1, -0.05) is 46.1 Å². The van der Waals surface area contributed by atoms with Crippen LogP contribution >= 0.6 is 0 Å². The zero-order valence-corrected chi connectivity index (χ0v) is 10.1. The summed E-state index contributed by atoms with van der Waals surface area (Å²) in [6.07, 6.45) is 2.79. The zero-order chi connectivity index (χ0) is 12.2. The van der Waals surface area contributed by atoms with Crippen LogP contribution in [0, 0.1) is 0 Å². The Morgan fingerprint density at radius 2 is 1.69 bits per heavy atom. The number of hydrogen-bond acceptors (Lipinski definition) is 2. The second-order valence-electron chi connectivity index (χ2n) is 4.45. The average Bonchev–Trinajstić information content (AvgIpc) is 2.19. The lowest BCUT2D eigenvalue weighted by Crippen LogP contribution is -2.12. The average molecular weight is 218 g/mol. The first-order valence-electron chi connectivity index (χ1n) is 5.19. The molecule has 0 fully saturated rings. The number of ether oxygens (including phenoxy) is 2. The molecule has 16 heavy (non-hydrogen) atoms. The van der Waals surface area contributed by atoms with Crippen molar-refractivity contribution in [3.05, 3.63) is 49.4 Å². The first kappa shape index (κ1) is 12.4. The van der Waals surface area contributed by atoms with Gasteiger partial charge < -0.3 is 9.47 Å². The highest BCUT2D eigenvalue weighted by Gasteiger charge is 2.21. The van der Waals surface area contributed by atoms with Crippen LogP contribution in [0.25, 0.3) is 0 Å². The predicted molar refractivity (Wildman–Crippen MR) is 66.8 cm³/mol. The number of rotatable bonds is 4. The van der Waals surface area contributed by atoms with Crippen molar-refractivity contribution in [2.45, 2.75) is 26.2 Å². The first-order chi connectivity index (χ1) is 7.50. The lowest BCUT2D eigenvalue weighted by atomic mass is 9.86. The van der Waals surface area contributed by atoms with Crippen LogP contribution in [0.2, 0.25) is 0 Å². The Morgan fingerprint density at radius 1 is 1.06 bits per heavy atom. The summed E-state index contributed by atoms with van der Waals surface area (Å²) in [5, 5.41) is 0. The second-order valence-corrected chi connectivity index (χ2v) is 4.45. The van der Waals surface area contributed by atoms with Gasteiger partial charge in [0.25, 0.3) is 0 Å². The van der Waals surface area contributed by atoms with Crippen molar-refractivity contribution in [3.63, 3.8) is 0 Å². The minimum atomic E-state index is -0.0150. The molecule has 0 aliphatic rings. The van der Waals surface area contributed by atoms with E-state index in [1.54, 1.807) is 0 Å². The third-order valence-corrected chi connectivity index (χ3v) is 2.20. The maximum absolute atomic E-state index is 5.44. The Bertz CT molecular complexity index is 386. The fraction of sp³-hybridized carbons (Fsp3) is 0.286. The molecule has 0 radical (unpaired) electrons. The molecular weight excluding hydrogens is 200 g/mol. The topological polar surface area (TPSA) is 18.5 Å². The SMILES string of the molecule is C=COc1cccc(C(C)(C)C)c1OC=C. The van der Waals surface area contributed by atoms with Gasteiger partial charge in [0.05, 0.1) is 12.5 Å². The molecule has 86 valence electrons. The van der Waals surface area contributed by atoms with Gasteiger partial charge in [-0.15, -0.1) is 0 Å². The molecular formula is C14H18O2. The van der Waals surface area contributed by atoms with Crippen molar-refractivity contribution in [2.75, 3.05) is 0 Å². The summed E-state index contributed by atoms with van der Waals surface area (Å²) in [5.74, 6) is 1.35. The van der Waals surface area contributed by atoms with E-state index in [0.29, 0.717) is 11.5 Å². The van der Waals surface area contributed by atoms with Gasteiger partial charge in [-0.25, -0.2) is 0 Å². The molecule has 0 atom stereocenters. The molecule has 1 rings (SSSR count). The molecule has 0 N–H and O–H groups in total. The Labute approximate surface area is 97.2 Å². The van der Waals surface area contributed by atoms with Crippen LogP contribution in [0.15, 0.2) is 43.9 Å². The van der Waals surface area contributed by atoms with Crippen LogP contribution in [-0.4, -0.2) is 0 Å². The van der Waals surface area contributed by atoms with Gasteiger partial charge in [0.2, 0.25) is 0 Å². The van der Waals surface area contributed by atoms with Crippen molar-refractivity contribution in [1.82, 2.24) is 0 Å². The summed E-state index contributed by atoms with van der Waals surface area (Å²) in [7, 11) is 0. The van der Waals surface area contributed by atoms with Gasteiger partial charge in [-0.05, 0) is 11.5 Å². The molecule has 0 saturated carbocycles. The Hall–Kier alpha value is -1.70. The van der Waals surface area contributed by atoms with Crippen molar-refractivity contribution < 1.29 is 9.47 Å². The highest BCUT2D eigenvalue weighted by atomic mass is 16.5. The van der Waals surface area contributed by atoms with Crippen LogP contribution in [-0.2, 0) is 5.41 Å². The maximum Gasteiger partial charge on any atom is 0.172 e. The molecule has 0 saturated heterocycles. The minimum absolute atomic E-state index is 0.0150. The fourth-order valence-corrected chi connectivity index (χ4v) is 1.49. The number of hydrogen-bond donors (Lipinski definition) is 0. The Morgan fingerprint density at radius 3 is 2.19 bits per heavy atom. The summed E-state index contributed by atoms with van der Waals surface area (Å²) >= 11 is 0. The molecule has 0 unspecified atom stereocenters. The zero-order valence-electron chi connectivity index (χ0n) is 10.1. The van der Waals surface area contributed by atoms with Crippen LogP contribution in [0.4, 0.5) is 0 Å². The van der Waals surface area contributed by atoms with E-state index in [4.69, 9.17) is 9.47 Å². The molecule has 0 bridgehead atoms. The molecule has 2 heteroatoms. The van der Waals surface area contributed by atoms with Gasteiger partial charge in [-0.3, -0.25) is 0 Å². The molecule has 0 heterocycles. The molecule has 2 nitrogen and oxygen atoms in total. The molecule has 0 aliphatic carbocycles. The van der Waals surface area contributed by atoms with Crippen LogP contribution in [0.5, 0.6) is 11.5 Å². The number of para-hydroxylation sites is 1. The van der Waals surface area contributed by atoms with Crippen molar-refractivity contribution in [1.29, 1.82) is 0 Å². The third-order valence-electron chi connectivity index (χ3n) is 2.20. The van der Waals surface area contributed by atoms with Crippen LogP contribution in [0.3, 0.4) is 0 Å². The van der Waals surface area contributed by atoms with Gasteiger partial charge in [-0.2, -0.15) is 0 Å². The molecule has 0 aliphatic heterocycles. The third kappa shape index (κ3) is 2.66. The van der Waals surface area contributed by atoms with Crippen LogP contribution in [0.1, 0.15) is 26.3 Å². The van der Waals surface area contributed by atoms with Gasteiger partial charge in [0, 0.05) is 5.56 Å². The van der Waals surface area contributed by atoms with Crippen LogP contribution < -0.4 is 9.47 Å². The summed E-state index contributed by atoms with van der Waals surface area (Å²) in [4.78, 5) is 0. The maximum atomic E-state index is 5.44. The van der Waals surface area contributed by atoms with Gasteiger partial charge in [0.1, 0.15) is 0 Å². The van der Waals surface area contributed by atoms with E-state index in [2.05, 4.69) is 33.9 Å². The lowest BCUT2D eigenvalue weighted by Gasteiger charge is -2.23. The summed E-state index contributed by atoms with van der Waals surface area (Å²) in [6.45, 7) is 13.5. The first-order valence-corrected chi connectivity index (χ1v) is 5.19. The van der Waals surface area contributed by atoms with E-state index in [1.807, 2.05) is 18.2 Å². The molecule has 0 aromatic heterocycles.